The van der Waals surface area contributed by atoms with Crippen molar-refractivity contribution < 1.29 is 38.0 Å². The number of hydrogen-bond donors (Lipinski definition) is 0. The lowest BCUT2D eigenvalue weighted by Gasteiger charge is -2.07. The Bertz CT molecular complexity index is 278. The van der Waals surface area contributed by atoms with Crippen molar-refractivity contribution in [3.63, 3.8) is 0 Å². The van der Waals surface area contributed by atoms with Gasteiger partial charge in [-0.25, -0.2) is 0 Å². The lowest BCUT2D eigenvalue weighted by atomic mass is 10.2. The van der Waals surface area contributed by atoms with Crippen molar-refractivity contribution in [1.82, 2.24) is 0 Å². The zero-order valence-electron chi connectivity index (χ0n) is 14.8. The first-order chi connectivity index (χ1) is 11.7. The highest BCUT2D eigenvalue weighted by molar-refractivity contribution is 5.70. The Labute approximate surface area is 143 Å². The van der Waals surface area contributed by atoms with E-state index in [1.165, 1.54) is 0 Å². The third-order valence-electron chi connectivity index (χ3n) is 2.73. The minimum atomic E-state index is -0.298. The van der Waals surface area contributed by atoms with E-state index in [2.05, 4.69) is 0 Å². The summed E-state index contributed by atoms with van der Waals surface area (Å²) in [4.78, 5) is 22.8. The molecule has 0 aliphatic heterocycles. The zero-order valence-corrected chi connectivity index (χ0v) is 14.8. The van der Waals surface area contributed by atoms with Gasteiger partial charge < -0.3 is 28.4 Å². The molecule has 0 N–H and O–H groups in total. The van der Waals surface area contributed by atoms with Crippen LogP contribution in [0.25, 0.3) is 0 Å². The van der Waals surface area contributed by atoms with Crippen LogP contribution in [0.1, 0.15) is 39.5 Å². The van der Waals surface area contributed by atoms with Crippen LogP contribution in [-0.4, -0.2) is 65.2 Å². The van der Waals surface area contributed by atoms with Crippen LogP contribution in [0.2, 0.25) is 0 Å². The van der Waals surface area contributed by atoms with Crippen LogP contribution in [0.4, 0.5) is 0 Å². The van der Waals surface area contributed by atoms with Gasteiger partial charge in [-0.2, -0.15) is 0 Å². The minimum absolute atomic E-state index is 0.201. The van der Waals surface area contributed by atoms with Gasteiger partial charge in [0.1, 0.15) is 26.8 Å². The molecule has 8 heteroatoms. The molecule has 8 nitrogen and oxygen atoms in total. The molecule has 0 fully saturated rings. The van der Waals surface area contributed by atoms with Crippen LogP contribution in [0, 0.1) is 0 Å². The van der Waals surface area contributed by atoms with Gasteiger partial charge in [-0.1, -0.05) is 0 Å². The molecule has 0 unspecified atom stereocenters. The Kier molecular flexibility index (Phi) is 17.2. The molecule has 0 heterocycles. The molecular weight excluding hydrogens is 320 g/mol. The molecule has 0 amide bonds. The number of ether oxygens (including phenoxy) is 6. The highest BCUT2D eigenvalue weighted by Crippen LogP contribution is 2.03. The van der Waals surface area contributed by atoms with E-state index in [4.69, 9.17) is 28.4 Å². The van der Waals surface area contributed by atoms with Crippen molar-refractivity contribution in [3.8, 4) is 0 Å². The molecule has 24 heavy (non-hydrogen) atoms. The smallest absolute Gasteiger partial charge is 0.305 e. The first-order valence-corrected chi connectivity index (χ1v) is 8.32. The molecule has 142 valence electrons. The van der Waals surface area contributed by atoms with E-state index in [0.29, 0.717) is 39.3 Å². The quantitative estimate of drug-likeness (QED) is 0.222. The van der Waals surface area contributed by atoms with Crippen LogP contribution in [0.3, 0.4) is 0 Å². The van der Waals surface area contributed by atoms with Gasteiger partial charge in [-0.05, 0) is 26.7 Å². The lowest BCUT2D eigenvalue weighted by Crippen LogP contribution is -2.13. The summed E-state index contributed by atoms with van der Waals surface area (Å²) in [5.41, 5.74) is 0. The molecule has 0 bridgehead atoms. The van der Waals surface area contributed by atoms with E-state index in [1.807, 2.05) is 13.8 Å². The number of carbonyl (C=O) groups is 2. The Morgan fingerprint density at radius 2 is 1.04 bits per heavy atom. The Morgan fingerprint density at radius 1 is 0.625 bits per heavy atom. The molecule has 0 aromatic heterocycles. The summed E-state index contributed by atoms with van der Waals surface area (Å²) >= 11 is 0. The van der Waals surface area contributed by atoms with Crippen molar-refractivity contribution in [2.45, 2.75) is 39.5 Å². The van der Waals surface area contributed by atoms with Gasteiger partial charge in [-0.3, -0.25) is 9.59 Å². The van der Waals surface area contributed by atoms with Crippen LogP contribution >= 0.6 is 0 Å². The van der Waals surface area contributed by atoms with Gasteiger partial charge in [0.05, 0.1) is 13.2 Å². The molecule has 0 spiro atoms. The topological polar surface area (TPSA) is 89.5 Å². The van der Waals surface area contributed by atoms with Crippen molar-refractivity contribution in [3.05, 3.63) is 0 Å². The SMILES string of the molecule is CCOCOCCOC(=O)CCCCC(=O)OCCOCOCC. The Balaban J connectivity index is 3.31. The summed E-state index contributed by atoms with van der Waals surface area (Å²) in [6, 6.07) is 0. The second-order valence-corrected chi connectivity index (χ2v) is 4.69. The summed E-state index contributed by atoms with van der Waals surface area (Å²) in [5.74, 6) is -0.597. The standard InChI is InChI=1S/C16H30O8/c1-3-19-13-21-9-11-23-15(17)7-5-6-8-16(18)24-12-10-22-14-20-4-2/h3-14H2,1-2H3. The Morgan fingerprint density at radius 3 is 1.42 bits per heavy atom. The van der Waals surface area contributed by atoms with E-state index in [-0.39, 0.29) is 51.6 Å². The van der Waals surface area contributed by atoms with E-state index in [9.17, 15) is 9.59 Å². The number of rotatable bonds is 17. The van der Waals surface area contributed by atoms with Gasteiger partial charge in [0, 0.05) is 26.1 Å². The zero-order chi connectivity index (χ0) is 17.9. The highest BCUT2D eigenvalue weighted by Gasteiger charge is 2.06. The first-order valence-electron chi connectivity index (χ1n) is 8.32. The predicted molar refractivity (Wildman–Crippen MR) is 85.3 cm³/mol. The summed E-state index contributed by atoms with van der Waals surface area (Å²) in [6.45, 7) is 6.34. The van der Waals surface area contributed by atoms with Crippen molar-refractivity contribution >= 4 is 11.9 Å². The van der Waals surface area contributed by atoms with Gasteiger partial charge in [-0.15, -0.1) is 0 Å². The second-order valence-electron chi connectivity index (χ2n) is 4.69. The average molecular weight is 350 g/mol. The molecule has 0 aromatic carbocycles. The van der Waals surface area contributed by atoms with Crippen molar-refractivity contribution in [2.24, 2.45) is 0 Å². The van der Waals surface area contributed by atoms with Gasteiger partial charge in [0.25, 0.3) is 0 Å². The summed E-state index contributed by atoms with van der Waals surface area (Å²) in [5, 5.41) is 0. The van der Waals surface area contributed by atoms with Crippen molar-refractivity contribution in [2.75, 3.05) is 53.2 Å². The van der Waals surface area contributed by atoms with E-state index >= 15 is 0 Å². The highest BCUT2D eigenvalue weighted by atomic mass is 16.7. The molecule has 0 aromatic rings. The van der Waals surface area contributed by atoms with Crippen LogP contribution < -0.4 is 0 Å². The maximum Gasteiger partial charge on any atom is 0.305 e. The number of unbranched alkanes of at least 4 members (excludes halogenated alkanes) is 1. The first kappa shape index (κ1) is 22.8. The molecule has 0 saturated carbocycles. The molecular formula is C16H30O8. The minimum Gasteiger partial charge on any atom is -0.463 e. The molecule has 0 atom stereocenters. The normalized spacial score (nSPS) is 10.6. The van der Waals surface area contributed by atoms with Crippen LogP contribution in [-0.2, 0) is 38.0 Å². The third-order valence-corrected chi connectivity index (χ3v) is 2.73. The molecule has 0 aliphatic rings. The maximum absolute atomic E-state index is 11.4. The fourth-order valence-corrected chi connectivity index (χ4v) is 1.51. The molecule has 0 rings (SSSR count). The van der Waals surface area contributed by atoms with E-state index in [1.54, 1.807) is 0 Å². The van der Waals surface area contributed by atoms with E-state index in [0.717, 1.165) is 0 Å². The lowest BCUT2D eigenvalue weighted by molar-refractivity contribution is -0.149. The van der Waals surface area contributed by atoms with Gasteiger partial charge >= 0.3 is 11.9 Å². The predicted octanol–water partition coefficient (Wildman–Crippen LogP) is 1.65. The van der Waals surface area contributed by atoms with Gasteiger partial charge in [0.15, 0.2) is 0 Å². The maximum atomic E-state index is 11.4. The summed E-state index contributed by atoms with van der Waals surface area (Å²) in [6.07, 6.45) is 1.70. The Hall–Kier alpha value is -1.22. The number of esters is 2. The van der Waals surface area contributed by atoms with E-state index < -0.39 is 0 Å². The van der Waals surface area contributed by atoms with Gasteiger partial charge in [0.2, 0.25) is 0 Å². The fourth-order valence-electron chi connectivity index (χ4n) is 1.51. The van der Waals surface area contributed by atoms with Crippen molar-refractivity contribution in [1.29, 1.82) is 0 Å². The number of carbonyl (C=O) groups excluding carboxylic acids is 2. The largest absolute Gasteiger partial charge is 0.463 e. The molecule has 0 saturated heterocycles. The van der Waals surface area contributed by atoms with Crippen LogP contribution in [0.15, 0.2) is 0 Å². The third kappa shape index (κ3) is 17.1. The molecule has 0 aliphatic carbocycles. The second kappa shape index (κ2) is 18.1. The van der Waals surface area contributed by atoms with Crippen LogP contribution in [0.5, 0.6) is 0 Å². The number of hydrogen-bond acceptors (Lipinski definition) is 8. The fraction of sp³-hybridized carbons (Fsp3) is 0.875. The average Bonchev–Trinajstić information content (AvgIpc) is 2.58. The summed E-state index contributed by atoms with van der Waals surface area (Å²) < 4.78 is 30.0. The monoisotopic (exact) mass is 350 g/mol. The molecule has 0 radical (unpaired) electrons. The summed E-state index contributed by atoms with van der Waals surface area (Å²) in [7, 11) is 0.